The van der Waals surface area contributed by atoms with Gasteiger partial charge in [0.25, 0.3) is 11.8 Å². The molecule has 0 aromatic rings. The maximum atomic E-state index is 12.3. The van der Waals surface area contributed by atoms with Crippen LogP contribution in [-0.4, -0.2) is 58.7 Å². The van der Waals surface area contributed by atoms with E-state index in [1.165, 1.54) is 4.90 Å². The Balaban J connectivity index is 1.22. The summed E-state index contributed by atoms with van der Waals surface area (Å²) in [6.07, 6.45) is 5.56. The van der Waals surface area contributed by atoms with Crippen LogP contribution in [0.15, 0.2) is 0 Å². The minimum atomic E-state index is -0.625. The summed E-state index contributed by atoms with van der Waals surface area (Å²) in [5, 5.41) is 0.541. The summed E-state index contributed by atoms with van der Waals surface area (Å²) in [4.78, 5) is 76.4. The molecule has 4 amide bonds. The van der Waals surface area contributed by atoms with Gasteiger partial charge in [0.15, 0.2) is 0 Å². The number of rotatable bonds is 10. The maximum absolute atomic E-state index is 12.3. The van der Waals surface area contributed by atoms with Crippen molar-refractivity contribution in [1.29, 1.82) is 0 Å². The molecule has 2 heterocycles. The normalized spacial score (nSPS) is 23.8. The van der Waals surface area contributed by atoms with Crippen molar-refractivity contribution in [3.8, 4) is 0 Å². The number of ether oxygens (including phenoxy) is 1. The number of carbonyl (C=O) groups excluding carboxylic acids is 6. The van der Waals surface area contributed by atoms with Gasteiger partial charge in [0.2, 0.25) is 11.8 Å². The van der Waals surface area contributed by atoms with E-state index in [-0.39, 0.29) is 55.5 Å². The monoisotopic (exact) mass is 450 g/mol. The first-order valence-electron chi connectivity index (χ1n) is 11.4. The molecule has 1 saturated carbocycles. The van der Waals surface area contributed by atoms with Crippen molar-refractivity contribution in [2.75, 3.05) is 13.2 Å². The number of unbranched alkanes of at least 4 members (excludes halogenated alkanes) is 2. The van der Waals surface area contributed by atoms with E-state index in [0.717, 1.165) is 12.8 Å². The second-order valence-corrected chi connectivity index (χ2v) is 8.64. The summed E-state index contributed by atoms with van der Waals surface area (Å²) in [6, 6.07) is 0. The average Bonchev–Trinajstić information content (AvgIpc) is 3.26. The number of hydrogen-bond donors (Lipinski definition) is 0. The van der Waals surface area contributed by atoms with Gasteiger partial charge >= 0.3 is 11.9 Å². The minimum absolute atomic E-state index is 0.0664. The summed E-state index contributed by atoms with van der Waals surface area (Å²) < 4.78 is 5.36. The molecule has 32 heavy (non-hydrogen) atoms. The van der Waals surface area contributed by atoms with E-state index in [2.05, 4.69) is 0 Å². The minimum Gasteiger partial charge on any atom is -0.465 e. The van der Waals surface area contributed by atoms with E-state index >= 15 is 0 Å². The molecule has 10 heteroatoms. The van der Waals surface area contributed by atoms with E-state index in [0.29, 0.717) is 56.6 Å². The summed E-state index contributed by atoms with van der Waals surface area (Å²) in [5.74, 6) is -1.94. The lowest BCUT2D eigenvalue weighted by molar-refractivity contribution is -0.197. The highest BCUT2D eigenvalue weighted by Crippen LogP contribution is 2.31. The Morgan fingerprint density at radius 1 is 0.781 bits per heavy atom. The predicted molar refractivity (Wildman–Crippen MR) is 108 cm³/mol. The van der Waals surface area contributed by atoms with Gasteiger partial charge in [0.1, 0.15) is 0 Å². The Morgan fingerprint density at radius 3 is 2.00 bits per heavy atom. The van der Waals surface area contributed by atoms with E-state index in [4.69, 9.17) is 9.57 Å². The first kappa shape index (κ1) is 23.9. The molecule has 3 fully saturated rings. The third kappa shape index (κ3) is 6.37. The zero-order chi connectivity index (χ0) is 23.1. The molecule has 0 bridgehead atoms. The summed E-state index contributed by atoms with van der Waals surface area (Å²) in [7, 11) is 0. The zero-order valence-corrected chi connectivity index (χ0v) is 18.2. The lowest BCUT2D eigenvalue weighted by atomic mass is 9.82. The highest BCUT2D eigenvalue weighted by molar-refractivity contribution is 6.02. The summed E-state index contributed by atoms with van der Waals surface area (Å²) in [5.41, 5.74) is 0. The molecule has 2 saturated heterocycles. The summed E-state index contributed by atoms with van der Waals surface area (Å²) in [6.45, 7) is 0.732. The van der Waals surface area contributed by atoms with Crippen LogP contribution in [0.5, 0.6) is 0 Å². The number of nitrogens with zero attached hydrogens (tertiary/aromatic N) is 2. The molecule has 10 nitrogen and oxygen atoms in total. The van der Waals surface area contributed by atoms with Crippen molar-refractivity contribution in [2.24, 2.45) is 11.8 Å². The van der Waals surface area contributed by atoms with Gasteiger partial charge in [-0.25, -0.2) is 4.79 Å². The third-order valence-electron chi connectivity index (χ3n) is 6.24. The van der Waals surface area contributed by atoms with Gasteiger partial charge < -0.3 is 9.57 Å². The quantitative estimate of drug-likeness (QED) is 0.279. The Morgan fingerprint density at radius 2 is 1.38 bits per heavy atom. The van der Waals surface area contributed by atoms with Gasteiger partial charge in [0.05, 0.1) is 12.5 Å². The molecule has 0 N–H and O–H groups in total. The average molecular weight is 450 g/mol. The van der Waals surface area contributed by atoms with Crippen molar-refractivity contribution >= 4 is 35.6 Å². The smallest absolute Gasteiger partial charge is 0.333 e. The van der Waals surface area contributed by atoms with E-state index in [9.17, 15) is 28.8 Å². The van der Waals surface area contributed by atoms with Crippen LogP contribution in [0.25, 0.3) is 0 Å². The molecule has 0 unspecified atom stereocenters. The Labute approximate surface area is 186 Å². The SMILES string of the molecule is O=C(CCCCCOC(=O)C1CCC(CN2C(=O)CCC2=O)CC1)ON1C(=O)CCC1=O. The Hall–Kier alpha value is -2.78. The topological polar surface area (TPSA) is 127 Å². The Bertz CT molecular complexity index is 740. The number of hydroxylamine groups is 2. The van der Waals surface area contributed by atoms with Crippen molar-refractivity contribution in [3.05, 3.63) is 0 Å². The van der Waals surface area contributed by atoms with Crippen LogP contribution in [0.3, 0.4) is 0 Å². The van der Waals surface area contributed by atoms with Crippen LogP contribution in [0, 0.1) is 11.8 Å². The Kier molecular flexibility index (Phi) is 8.35. The standard InChI is InChI=1S/C22H30N2O8/c25-17-9-10-18(26)23(17)14-15-5-7-16(8-6-15)22(30)31-13-3-1-2-4-21(29)32-24-19(27)11-12-20(24)28/h15-16H,1-14H2. The number of hydrogen-bond acceptors (Lipinski definition) is 8. The zero-order valence-electron chi connectivity index (χ0n) is 18.2. The van der Waals surface area contributed by atoms with Crippen molar-refractivity contribution in [1.82, 2.24) is 9.96 Å². The fourth-order valence-electron chi connectivity index (χ4n) is 4.31. The number of esters is 1. The van der Waals surface area contributed by atoms with E-state index in [1.54, 1.807) is 0 Å². The lowest BCUT2D eigenvalue weighted by Gasteiger charge is -2.29. The largest absolute Gasteiger partial charge is 0.465 e. The van der Waals surface area contributed by atoms with Gasteiger partial charge in [0, 0.05) is 38.6 Å². The van der Waals surface area contributed by atoms with Crippen LogP contribution in [0.2, 0.25) is 0 Å². The molecule has 3 rings (SSSR count). The van der Waals surface area contributed by atoms with Gasteiger partial charge in [-0.15, -0.1) is 5.06 Å². The van der Waals surface area contributed by atoms with Gasteiger partial charge in [-0.3, -0.25) is 28.9 Å². The number of amides is 4. The van der Waals surface area contributed by atoms with Crippen molar-refractivity contribution < 1.29 is 38.3 Å². The second-order valence-electron chi connectivity index (χ2n) is 8.64. The van der Waals surface area contributed by atoms with Crippen LogP contribution in [0.4, 0.5) is 0 Å². The number of likely N-dealkylation sites (tertiary alicyclic amines) is 1. The molecule has 0 aromatic heterocycles. The highest BCUT2D eigenvalue weighted by Gasteiger charge is 2.34. The molecule has 0 aromatic carbocycles. The van der Waals surface area contributed by atoms with Crippen LogP contribution >= 0.6 is 0 Å². The van der Waals surface area contributed by atoms with Crippen LogP contribution < -0.4 is 0 Å². The fraction of sp³-hybridized carbons (Fsp3) is 0.727. The molecule has 0 spiro atoms. The van der Waals surface area contributed by atoms with E-state index < -0.39 is 17.8 Å². The first-order chi connectivity index (χ1) is 15.3. The second kappa shape index (κ2) is 11.2. The van der Waals surface area contributed by atoms with Gasteiger partial charge in [-0.05, 0) is 50.9 Å². The molecule has 0 radical (unpaired) electrons. The molecule has 3 aliphatic rings. The first-order valence-corrected chi connectivity index (χ1v) is 11.4. The van der Waals surface area contributed by atoms with Crippen LogP contribution in [-0.2, 0) is 38.3 Å². The molecule has 176 valence electrons. The third-order valence-corrected chi connectivity index (χ3v) is 6.24. The van der Waals surface area contributed by atoms with Gasteiger partial charge in [-0.1, -0.05) is 0 Å². The molecular formula is C22H30N2O8. The summed E-state index contributed by atoms with van der Waals surface area (Å²) >= 11 is 0. The lowest BCUT2D eigenvalue weighted by Crippen LogP contribution is -2.36. The highest BCUT2D eigenvalue weighted by atomic mass is 16.7. The van der Waals surface area contributed by atoms with Crippen molar-refractivity contribution in [2.45, 2.75) is 77.0 Å². The molecule has 1 aliphatic carbocycles. The predicted octanol–water partition coefficient (Wildman–Crippen LogP) is 1.65. The van der Waals surface area contributed by atoms with Gasteiger partial charge in [-0.2, -0.15) is 0 Å². The number of imide groups is 2. The molecular weight excluding hydrogens is 420 g/mol. The molecule has 2 aliphatic heterocycles. The fourth-order valence-corrected chi connectivity index (χ4v) is 4.31. The van der Waals surface area contributed by atoms with Crippen molar-refractivity contribution in [3.63, 3.8) is 0 Å². The molecule has 0 atom stereocenters. The number of carbonyl (C=O) groups is 6. The van der Waals surface area contributed by atoms with E-state index in [1.807, 2.05) is 0 Å². The van der Waals surface area contributed by atoms with Crippen LogP contribution in [0.1, 0.15) is 77.0 Å². The maximum Gasteiger partial charge on any atom is 0.333 e.